The molecule has 0 bridgehead atoms. The van der Waals surface area contributed by atoms with Crippen LogP contribution in [0.4, 0.5) is 10.5 Å². The molecule has 2 N–H and O–H groups in total. The third kappa shape index (κ3) is 2.22. The highest BCUT2D eigenvalue weighted by Crippen LogP contribution is 2.31. The predicted molar refractivity (Wildman–Crippen MR) is 76.3 cm³/mol. The number of amides is 2. The van der Waals surface area contributed by atoms with Crippen molar-refractivity contribution < 1.29 is 14.7 Å². The van der Waals surface area contributed by atoms with E-state index in [2.05, 4.69) is 10.4 Å². The Kier molecular flexibility index (Phi) is 3.09. The number of rotatable bonds is 3. The Hall–Kier alpha value is -2.83. The molecule has 3 rings (SSSR count). The van der Waals surface area contributed by atoms with Crippen LogP contribution in [0.15, 0.2) is 30.3 Å². The average Bonchev–Trinajstić information content (AvgIpc) is 3.05. The van der Waals surface area contributed by atoms with Crippen molar-refractivity contribution >= 4 is 17.7 Å². The van der Waals surface area contributed by atoms with Crippen molar-refractivity contribution in [3.63, 3.8) is 0 Å². The summed E-state index contributed by atoms with van der Waals surface area (Å²) in [4.78, 5) is 24.5. The van der Waals surface area contributed by atoms with Crippen molar-refractivity contribution in [1.29, 1.82) is 0 Å². The highest BCUT2D eigenvalue weighted by Gasteiger charge is 2.25. The van der Waals surface area contributed by atoms with Crippen LogP contribution in [0.2, 0.25) is 0 Å². The number of aryl methyl sites for hydroxylation is 1. The zero-order valence-electron chi connectivity index (χ0n) is 11.4. The van der Waals surface area contributed by atoms with Crippen molar-refractivity contribution in [2.45, 2.75) is 0 Å². The molecule has 108 valence electrons. The van der Waals surface area contributed by atoms with Crippen LogP contribution in [-0.2, 0) is 7.05 Å². The van der Waals surface area contributed by atoms with Gasteiger partial charge in [0.1, 0.15) is 0 Å². The molecule has 0 unspecified atom stereocenters. The number of nitrogens with one attached hydrogen (secondary N) is 1. The molecule has 0 radical (unpaired) electrons. The zero-order valence-corrected chi connectivity index (χ0v) is 11.4. The molecule has 2 heterocycles. The smallest absolute Gasteiger partial charge is 0.356 e. The second-order valence-electron chi connectivity index (χ2n) is 4.74. The number of urea groups is 1. The van der Waals surface area contributed by atoms with Crippen molar-refractivity contribution in [1.82, 2.24) is 15.1 Å². The summed E-state index contributed by atoms with van der Waals surface area (Å²) in [5.74, 6) is -1.08. The first kappa shape index (κ1) is 13.2. The van der Waals surface area contributed by atoms with Crippen molar-refractivity contribution in [2.24, 2.45) is 7.05 Å². The van der Waals surface area contributed by atoms with Crippen molar-refractivity contribution in [2.75, 3.05) is 18.0 Å². The first-order chi connectivity index (χ1) is 10.1. The Labute approximate surface area is 120 Å². The lowest BCUT2D eigenvalue weighted by atomic mass is 10.1. The number of carboxylic acids is 1. The summed E-state index contributed by atoms with van der Waals surface area (Å²) >= 11 is 0. The lowest BCUT2D eigenvalue weighted by molar-refractivity contribution is 0.0689. The summed E-state index contributed by atoms with van der Waals surface area (Å²) in [6.45, 7) is 1.18. The molecular formula is C14H14N4O3. The van der Waals surface area contributed by atoms with E-state index in [1.165, 1.54) is 10.7 Å². The Balaban J connectivity index is 2.11. The fourth-order valence-electron chi connectivity index (χ4n) is 2.45. The van der Waals surface area contributed by atoms with Crippen LogP contribution in [-0.4, -0.2) is 40.0 Å². The maximum atomic E-state index is 11.9. The number of aromatic carboxylic acids is 1. The van der Waals surface area contributed by atoms with E-state index in [1.807, 2.05) is 24.3 Å². The summed E-state index contributed by atoms with van der Waals surface area (Å²) in [5, 5.41) is 15.8. The standard InChI is InChI=1S/C14H14N4O3/c1-17-12(8-10(16-17)13(19)20)9-4-2-3-5-11(9)18-7-6-15-14(18)21/h2-5,8H,6-7H2,1H3,(H,15,21)(H,19,20). The fourth-order valence-corrected chi connectivity index (χ4v) is 2.45. The van der Waals surface area contributed by atoms with Crippen LogP contribution in [0, 0.1) is 0 Å². The van der Waals surface area contributed by atoms with E-state index in [4.69, 9.17) is 5.11 Å². The molecule has 1 fully saturated rings. The number of aromatic nitrogens is 2. The van der Waals surface area contributed by atoms with E-state index in [9.17, 15) is 9.59 Å². The SMILES string of the molecule is Cn1nc(C(=O)O)cc1-c1ccccc1N1CCNC1=O. The van der Waals surface area contributed by atoms with E-state index in [1.54, 1.807) is 11.9 Å². The number of hydrogen-bond donors (Lipinski definition) is 2. The summed E-state index contributed by atoms with van der Waals surface area (Å²) in [6.07, 6.45) is 0. The first-order valence-electron chi connectivity index (χ1n) is 6.50. The molecule has 0 aliphatic carbocycles. The normalized spacial score (nSPS) is 14.3. The van der Waals surface area contributed by atoms with Gasteiger partial charge in [-0.3, -0.25) is 9.58 Å². The second-order valence-corrected chi connectivity index (χ2v) is 4.74. The van der Waals surface area contributed by atoms with Crippen LogP contribution in [0.5, 0.6) is 0 Å². The maximum absolute atomic E-state index is 11.9. The van der Waals surface area contributed by atoms with Gasteiger partial charge in [-0.2, -0.15) is 5.10 Å². The fraction of sp³-hybridized carbons (Fsp3) is 0.214. The van der Waals surface area contributed by atoms with Crippen LogP contribution in [0.25, 0.3) is 11.3 Å². The lowest BCUT2D eigenvalue weighted by Crippen LogP contribution is -2.28. The van der Waals surface area contributed by atoms with Gasteiger partial charge in [0.25, 0.3) is 0 Å². The van der Waals surface area contributed by atoms with Crippen molar-refractivity contribution in [3.8, 4) is 11.3 Å². The topological polar surface area (TPSA) is 87.5 Å². The molecule has 7 heteroatoms. The second kappa shape index (κ2) is 4.93. The van der Waals surface area contributed by atoms with E-state index in [0.717, 1.165) is 11.3 Å². The Morgan fingerprint density at radius 2 is 2.14 bits per heavy atom. The third-order valence-electron chi connectivity index (χ3n) is 3.43. The number of benzene rings is 1. The maximum Gasteiger partial charge on any atom is 0.356 e. The van der Waals surface area contributed by atoms with E-state index in [0.29, 0.717) is 18.8 Å². The summed E-state index contributed by atoms with van der Waals surface area (Å²) in [6, 6.07) is 8.74. The quantitative estimate of drug-likeness (QED) is 0.890. The molecule has 2 amide bonds. The number of carboxylic acid groups (broad SMARTS) is 1. The minimum absolute atomic E-state index is 0.0202. The van der Waals surface area contributed by atoms with E-state index in [-0.39, 0.29) is 11.7 Å². The highest BCUT2D eigenvalue weighted by atomic mass is 16.4. The van der Waals surface area contributed by atoms with Crippen LogP contribution >= 0.6 is 0 Å². The van der Waals surface area contributed by atoms with Crippen molar-refractivity contribution in [3.05, 3.63) is 36.0 Å². The molecule has 1 saturated heterocycles. The van der Waals surface area contributed by atoms with Crippen LogP contribution < -0.4 is 10.2 Å². The third-order valence-corrected chi connectivity index (χ3v) is 3.43. The van der Waals surface area contributed by atoms with Gasteiger partial charge < -0.3 is 10.4 Å². The first-order valence-corrected chi connectivity index (χ1v) is 6.50. The minimum Gasteiger partial charge on any atom is -0.476 e. The summed E-state index contributed by atoms with van der Waals surface area (Å²) < 4.78 is 1.51. The van der Waals surface area contributed by atoms with Gasteiger partial charge >= 0.3 is 12.0 Å². The van der Waals surface area contributed by atoms with E-state index >= 15 is 0 Å². The number of anilines is 1. The van der Waals surface area contributed by atoms with Gasteiger partial charge in [-0.05, 0) is 12.1 Å². The van der Waals surface area contributed by atoms with Gasteiger partial charge in [-0.15, -0.1) is 0 Å². The van der Waals surface area contributed by atoms with Gasteiger partial charge in [0, 0.05) is 25.7 Å². The molecule has 1 aromatic carbocycles. The van der Waals surface area contributed by atoms with Gasteiger partial charge in [-0.25, -0.2) is 9.59 Å². The molecule has 21 heavy (non-hydrogen) atoms. The van der Waals surface area contributed by atoms with Gasteiger partial charge in [0.15, 0.2) is 5.69 Å². The monoisotopic (exact) mass is 286 g/mol. The lowest BCUT2D eigenvalue weighted by Gasteiger charge is -2.18. The van der Waals surface area contributed by atoms with Gasteiger partial charge in [0.2, 0.25) is 0 Å². The molecule has 2 aromatic rings. The Morgan fingerprint density at radius 1 is 1.38 bits per heavy atom. The number of hydrogen-bond acceptors (Lipinski definition) is 3. The molecule has 0 saturated carbocycles. The molecule has 1 aliphatic rings. The van der Waals surface area contributed by atoms with Gasteiger partial charge in [0.05, 0.1) is 11.4 Å². The number of carbonyl (C=O) groups excluding carboxylic acids is 1. The molecule has 0 spiro atoms. The number of para-hydroxylation sites is 1. The van der Waals surface area contributed by atoms with E-state index < -0.39 is 5.97 Å². The molecule has 7 nitrogen and oxygen atoms in total. The van der Waals surface area contributed by atoms with Gasteiger partial charge in [-0.1, -0.05) is 18.2 Å². The molecule has 1 aliphatic heterocycles. The Morgan fingerprint density at radius 3 is 2.76 bits per heavy atom. The summed E-state index contributed by atoms with van der Waals surface area (Å²) in [7, 11) is 1.68. The summed E-state index contributed by atoms with van der Waals surface area (Å²) in [5.41, 5.74) is 2.15. The largest absolute Gasteiger partial charge is 0.476 e. The predicted octanol–water partition coefficient (Wildman–Crippen LogP) is 1.31. The minimum atomic E-state index is -1.08. The zero-order chi connectivity index (χ0) is 15.0. The van der Waals surface area contributed by atoms with Crippen LogP contribution in [0.3, 0.4) is 0 Å². The number of nitrogens with zero attached hydrogens (tertiary/aromatic N) is 3. The Bertz CT molecular complexity index is 723. The molecular weight excluding hydrogens is 272 g/mol. The highest BCUT2D eigenvalue weighted by molar-refractivity contribution is 5.98. The average molecular weight is 286 g/mol. The van der Waals surface area contributed by atoms with Crippen LogP contribution in [0.1, 0.15) is 10.5 Å². The molecule has 1 aromatic heterocycles. The number of carbonyl (C=O) groups is 2. The molecule has 0 atom stereocenters.